The summed E-state index contributed by atoms with van der Waals surface area (Å²) >= 11 is 0. The van der Waals surface area contributed by atoms with Gasteiger partial charge < -0.3 is 20.5 Å². The molecule has 0 radical (unpaired) electrons. The molecule has 34 heavy (non-hydrogen) atoms. The minimum Gasteiger partial charge on any atom is -0.493 e. The predicted octanol–water partition coefficient (Wildman–Crippen LogP) is 2.15. The average Bonchev–Trinajstić information content (AvgIpc) is 3.25. The summed E-state index contributed by atoms with van der Waals surface area (Å²) in [6.07, 6.45) is 3.01. The summed E-state index contributed by atoms with van der Waals surface area (Å²) in [5, 5.41) is 15.3. The van der Waals surface area contributed by atoms with Gasteiger partial charge in [0, 0.05) is 23.6 Å². The molecule has 2 aromatic heterocycles. The zero-order valence-corrected chi connectivity index (χ0v) is 18.0. The number of halogens is 1. The first-order valence-electron chi connectivity index (χ1n) is 10.0. The third-order valence-electron chi connectivity index (χ3n) is 4.89. The molecule has 4 rings (SSSR count). The highest BCUT2D eigenvalue weighted by atomic mass is 19.1. The van der Waals surface area contributed by atoms with Crippen LogP contribution < -0.4 is 26.2 Å². The highest BCUT2D eigenvalue weighted by Crippen LogP contribution is 2.33. The summed E-state index contributed by atoms with van der Waals surface area (Å²) in [4.78, 5) is 23.5. The van der Waals surface area contributed by atoms with Crippen molar-refractivity contribution >= 4 is 11.5 Å². The number of rotatable bonds is 9. The van der Waals surface area contributed by atoms with E-state index in [1.807, 2.05) is 0 Å². The summed E-state index contributed by atoms with van der Waals surface area (Å²) in [6.45, 7) is -1.01. The number of nitrogen functional groups attached to an aromatic ring is 1. The Morgan fingerprint density at radius 3 is 2.59 bits per heavy atom. The van der Waals surface area contributed by atoms with E-state index < -0.39 is 18.6 Å². The van der Waals surface area contributed by atoms with Crippen LogP contribution in [0.25, 0.3) is 5.95 Å². The summed E-state index contributed by atoms with van der Waals surface area (Å²) in [6, 6.07) is 12.8. The van der Waals surface area contributed by atoms with Gasteiger partial charge in [0.05, 0.1) is 7.11 Å². The summed E-state index contributed by atoms with van der Waals surface area (Å²) < 4.78 is 24.1. The highest BCUT2D eigenvalue weighted by Gasteiger charge is 2.22. The Bertz CT molecular complexity index is 1340. The molecule has 12 heteroatoms. The third-order valence-corrected chi connectivity index (χ3v) is 4.89. The van der Waals surface area contributed by atoms with E-state index in [-0.39, 0.29) is 23.4 Å². The minimum absolute atomic E-state index is 0.0535. The molecule has 0 saturated heterocycles. The number of H-pyrrole nitrogens is 1. The molecule has 0 saturated carbocycles. The number of aromatic nitrogens is 5. The number of amidine groups is 1. The molecular formula is C22H21FN8O3. The molecule has 0 spiro atoms. The second kappa shape index (κ2) is 9.81. The van der Waals surface area contributed by atoms with Gasteiger partial charge in [-0.1, -0.05) is 6.07 Å². The van der Waals surface area contributed by atoms with Gasteiger partial charge in [0.15, 0.2) is 17.3 Å². The average molecular weight is 464 g/mol. The molecule has 0 aliphatic carbocycles. The van der Waals surface area contributed by atoms with E-state index >= 15 is 0 Å². The Labute approximate surface area is 192 Å². The first kappa shape index (κ1) is 22.5. The van der Waals surface area contributed by atoms with Gasteiger partial charge >= 0.3 is 5.69 Å². The molecule has 0 amide bonds. The SMILES string of the molecule is COc1cc([C@H](Nc2ccc(C(=N)N)cc2)c2nn(-c3ncccn3)c(=O)[nH]2)ccc1OCF. The van der Waals surface area contributed by atoms with Crippen molar-refractivity contribution in [3.63, 3.8) is 0 Å². The number of nitrogens with two attached hydrogens (primary N) is 1. The number of benzene rings is 2. The van der Waals surface area contributed by atoms with E-state index in [9.17, 15) is 9.18 Å². The van der Waals surface area contributed by atoms with E-state index in [4.69, 9.17) is 20.6 Å². The Balaban J connectivity index is 1.77. The topological polar surface area (TPSA) is 157 Å². The molecule has 0 fully saturated rings. The van der Waals surface area contributed by atoms with Crippen LogP contribution in [0.1, 0.15) is 23.0 Å². The fourth-order valence-corrected chi connectivity index (χ4v) is 3.27. The largest absolute Gasteiger partial charge is 0.493 e. The van der Waals surface area contributed by atoms with Crippen LogP contribution in [0, 0.1) is 5.41 Å². The number of nitrogens with one attached hydrogen (secondary N) is 3. The van der Waals surface area contributed by atoms with Gasteiger partial charge in [-0.15, -0.1) is 9.78 Å². The summed E-state index contributed by atoms with van der Waals surface area (Å²) in [7, 11) is 1.44. The van der Waals surface area contributed by atoms with Gasteiger partial charge in [-0.2, -0.15) is 0 Å². The minimum atomic E-state index is -1.01. The lowest BCUT2D eigenvalue weighted by atomic mass is 10.0. The Hall–Kier alpha value is -4.74. The molecule has 0 aliphatic heterocycles. The van der Waals surface area contributed by atoms with Crippen LogP contribution in [0.5, 0.6) is 11.5 Å². The van der Waals surface area contributed by atoms with E-state index in [2.05, 4.69) is 25.4 Å². The second-order valence-electron chi connectivity index (χ2n) is 7.01. The predicted molar refractivity (Wildman–Crippen MR) is 122 cm³/mol. The first-order valence-corrected chi connectivity index (χ1v) is 10.0. The number of alkyl halides is 1. The first-order chi connectivity index (χ1) is 16.5. The normalized spacial score (nSPS) is 11.6. The van der Waals surface area contributed by atoms with E-state index in [0.29, 0.717) is 22.6 Å². The molecular weight excluding hydrogens is 443 g/mol. The Morgan fingerprint density at radius 2 is 1.94 bits per heavy atom. The van der Waals surface area contributed by atoms with Gasteiger partial charge in [0.2, 0.25) is 6.86 Å². The lowest BCUT2D eigenvalue weighted by Gasteiger charge is -2.20. The van der Waals surface area contributed by atoms with Gasteiger partial charge in [0.1, 0.15) is 11.9 Å². The number of methoxy groups -OCH3 is 1. The van der Waals surface area contributed by atoms with Crippen molar-refractivity contribution in [3.8, 4) is 17.4 Å². The zero-order chi connectivity index (χ0) is 24.1. The van der Waals surface area contributed by atoms with Crippen LogP contribution in [0.4, 0.5) is 10.1 Å². The van der Waals surface area contributed by atoms with E-state index in [0.717, 1.165) is 4.68 Å². The maximum absolute atomic E-state index is 12.7. The van der Waals surface area contributed by atoms with Gasteiger partial charge in [-0.05, 0) is 48.0 Å². The Morgan fingerprint density at radius 1 is 1.21 bits per heavy atom. The fourth-order valence-electron chi connectivity index (χ4n) is 3.27. The van der Waals surface area contributed by atoms with E-state index in [1.165, 1.54) is 19.5 Å². The third kappa shape index (κ3) is 4.70. The maximum atomic E-state index is 12.7. The molecule has 174 valence electrons. The van der Waals surface area contributed by atoms with Crippen molar-refractivity contribution in [3.05, 3.63) is 88.4 Å². The van der Waals surface area contributed by atoms with Crippen LogP contribution >= 0.6 is 0 Å². The maximum Gasteiger partial charge on any atom is 0.350 e. The lowest BCUT2D eigenvalue weighted by Crippen LogP contribution is -2.18. The molecule has 2 aromatic carbocycles. The molecule has 0 aliphatic rings. The number of hydrogen-bond donors (Lipinski definition) is 4. The van der Waals surface area contributed by atoms with Gasteiger partial charge in [-0.3, -0.25) is 10.4 Å². The number of hydrogen-bond acceptors (Lipinski definition) is 8. The number of aromatic amines is 1. The standard InChI is InChI=1S/C22H21FN8O3/c1-33-17-11-14(5-8-16(17)34-12-23)18(28-15-6-3-13(4-7-15)19(24)25)20-29-22(32)31(30-20)21-26-9-2-10-27-21/h2-11,18,28H,12H2,1H3,(H3,24,25)(H,29,30,32)/t18-/m0/s1. The fraction of sp³-hybridized carbons (Fsp3) is 0.136. The van der Waals surface area contributed by atoms with Crippen LogP contribution in [0.3, 0.4) is 0 Å². The second-order valence-corrected chi connectivity index (χ2v) is 7.01. The zero-order valence-electron chi connectivity index (χ0n) is 18.0. The lowest BCUT2D eigenvalue weighted by molar-refractivity contribution is 0.184. The smallest absolute Gasteiger partial charge is 0.350 e. The molecule has 11 nitrogen and oxygen atoms in total. The molecule has 0 unspecified atom stereocenters. The highest BCUT2D eigenvalue weighted by molar-refractivity contribution is 5.95. The number of ether oxygens (including phenoxy) is 2. The summed E-state index contributed by atoms with van der Waals surface area (Å²) in [5.74, 6) is 0.873. The van der Waals surface area contributed by atoms with Crippen LogP contribution in [0.15, 0.2) is 65.7 Å². The van der Waals surface area contributed by atoms with Crippen LogP contribution in [-0.2, 0) is 0 Å². The van der Waals surface area contributed by atoms with Crippen molar-refractivity contribution in [1.82, 2.24) is 24.7 Å². The van der Waals surface area contributed by atoms with Crippen molar-refractivity contribution in [2.45, 2.75) is 6.04 Å². The number of anilines is 1. The molecule has 4 aromatic rings. The molecule has 5 N–H and O–H groups in total. The van der Waals surface area contributed by atoms with Crippen molar-refractivity contribution in [1.29, 1.82) is 5.41 Å². The van der Waals surface area contributed by atoms with Crippen molar-refractivity contribution in [2.75, 3.05) is 19.3 Å². The van der Waals surface area contributed by atoms with Crippen molar-refractivity contribution in [2.24, 2.45) is 5.73 Å². The van der Waals surface area contributed by atoms with Crippen LogP contribution in [0.2, 0.25) is 0 Å². The van der Waals surface area contributed by atoms with E-state index in [1.54, 1.807) is 48.5 Å². The van der Waals surface area contributed by atoms with Gasteiger partial charge in [0.25, 0.3) is 5.95 Å². The van der Waals surface area contributed by atoms with Gasteiger partial charge in [-0.25, -0.2) is 19.2 Å². The number of nitrogens with zero attached hydrogens (tertiary/aromatic N) is 4. The van der Waals surface area contributed by atoms with Crippen molar-refractivity contribution < 1.29 is 13.9 Å². The molecule has 1 atom stereocenters. The van der Waals surface area contributed by atoms with Crippen LogP contribution in [-0.4, -0.2) is 44.5 Å². The molecule has 0 bridgehead atoms. The summed E-state index contributed by atoms with van der Waals surface area (Å²) in [5.41, 5.74) is 6.90. The monoisotopic (exact) mass is 464 g/mol. The molecule has 2 heterocycles. The quantitative estimate of drug-likeness (QED) is 0.217. The Kier molecular flexibility index (Phi) is 6.48.